The van der Waals surface area contributed by atoms with Gasteiger partial charge in [0.05, 0.1) is 3.57 Å². The van der Waals surface area contributed by atoms with E-state index in [9.17, 15) is 0 Å². The van der Waals surface area contributed by atoms with Crippen LogP contribution in [-0.2, 0) is 0 Å². The molecule has 0 amide bonds. The first-order valence-electron chi connectivity index (χ1n) is 5.50. The van der Waals surface area contributed by atoms with Crippen molar-refractivity contribution < 1.29 is 0 Å². The molecule has 5 heteroatoms. The lowest BCUT2D eigenvalue weighted by atomic mass is 10.3. The zero-order chi connectivity index (χ0) is 12.0. The van der Waals surface area contributed by atoms with Gasteiger partial charge in [0.1, 0.15) is 12.1 Å². The number of anilines is 1. The highest BCUT2D eigenvalue weighted by molar-refractivity contribution is 14.1. The Balaban J connectivity index is 2.57. The molecule has 0 aliphatic carbocycles. The summed E-state index contributed by atoms with van der Waals surface area (Å²) in [5.74, 6) is 1.05. The molecule has 0 aliphatic heterocycles. The molecule has 4 nitrogen and oxygen atoms in total. The first-order valence-corrected chi connectivity index (χ1v) is 6.58. The normalized spacial score (nSPS) is 10.8. The molecule has 1 heterocycles. The smallest absolute Gasteiger partial charge is 0.145 e. The minimum Gasteiger partial charge on any atom is -0.356 e. The minimum atomic E-state index is 0.987. The van der Waals surface area contributed by atoms with E-state index in [0.29, 0.717) is 0 Å². The average molecular weight is 334 g/mol. The van der Waals surface area contributed by atoms with Crippen molar-refractivity contribution in [1.82, 2.24) is 14.9 Å². The number of rotatable bonds is 6. The zero-order valence-electron chi connectivity index (χ0n) is 10.1. The van der Waals surface area contributed by atoms with E-state index < -0.39 is 0 Å². The summed E-state index contributed by atoms with van der Waals surface area (Å²) in [4.78, 5) is 12.9. The summed E-state index contributed by atoms with van der Waals surface area (Å²) in [6, 6.07) is 0. The maximum absolute atomic E-state index is 4.34. The molecule has 0 N–H and O–H groups in total. The van der Waals surface area contributed by atoms with E-state index in [0.717, 1.165) is 35.4 Å². The van der Waals surface area contributed by atoms with Crippen LogP contribution in [0, 0.1) is 3.57 Å². The highest BCUT2D eigenvalue weighted by Crippen LogP contribution is 2.17. The highest BCUT2D eigenvalue weighted by atomic mass is 127. The Morgan fingerprint density at radius 3 is 2.62 bits per heavy atom. The molecule has 0 bridgehead atoms. The highest BCUT2D eigenvalue weighted by Gasteiger charge is 2.09. The number of aromatic nitrogens is 2. The van der Waals surface area contributed by atoms with Crippen molar-refractivity contribution in [1.29, 1.82) is 0 Å². The van der Waals surface area contributed by atoms with Crippen LogP contribution in [0.4, 0.5) is 5.82 Å². The second kappa shape index (κ2) is 7.01. The van der Waals surface area contributed by atoms with Gasteiger partial charge in [0.15, 0.2) is 0 Å². The molecule has 0 unspecified atom stereocenters. The van der Waals surface area contributed by atoms with Crippen molar-refractivity contribution in [3.8, 4) is 0 Å². The van der Waals surface area contributed by atoms with Crippen LogP contribution in [0.5, 0.6) is 0 Å². The molecule has 0 spiro atoms. The largest absolute Gasteiger partial charge is 0.356 e. The van der Waals surface area contributed by atoms with Gasteiger partial charge in [-0.25, -0.2) is 9.97 Å². The number of halogens is 1. The molecular formula is C11H19IN4. The first kappa shape index (κ1) is 13.6. The molecule has 0 aromatic carbocycles. The predicted octanol–water partition coefficient (Wildman–Crippen LogP) is 1.86. The molecule has 0 saturated heterocycles. The van der Waals surface area contributed by atoms with Gasteiger partial charge in [-0.05, 0) is 56.6 Å². The van der Waals surface area contributed by atoms with Gasteiger partial charge in [-0.15, -0.1) is 0 Å². The molecule has 0 fully saturated rings. The van der Waals surface area contributed by atoms with E-state index in [-0.39, 0.29) is 0 Å². The first-order chi connectivity index (χ1) is 7.65. The molecule has 0 radical (unpaired) electrons. The lowest BCUT2D eigenvalue weighted by Gasteiger charge is -2.23. The van der Waals surface area contributed by atoms with Gasteiger partial charge in [-0.1, -0.05) is 0 Å². The predicted molar refractivity (Wildman–Crippen MR) is 75.8 cm³/mol. The van der Waals surface area contributed by atoms with Crippen molar-refractivity contribution in [2.24, 2.45) is 0 Å². The molecular weight excluding hydrogens is 315 g/mol. The Morgan fingerprint density at radius 2 is 2.06 bits per heavy atom. The molecule has 1 aromatic rings. The number of hydrogen-bond donors (Lipinski definition) is 0. The van der Waals surface area contributed by atoms with E-state index in [2.05, 4.69) is 63.4 Å². The standard InChI is InChI=1S/C11H19IN4/c1-4-16(7-5-6-15(2)3)11-10(12)8-13-9-14-11/h8-9H,4-7H2,1-3H3. The summed E-state index contributed by atoms with van der Waals surface area (Å²) in [6.45, 7) is 5.30. The van der Waals surface area contributed by atoms with Crippen LogP contribution in [-0.4, -0.2) is 48.6 Å². The summed E-state index contributed by atoms with van der Waals surface area (Å²) in [6.07, 6.45) is 4.63. The second-order valence-electron chi connectivity index (χ2n) is 3.93. The third-order valence-corrected chi connectivity index (χ3v) is 3.12. The molecule has 90 valence electrons. The van der Waals surface area contributed by atoms with Gasteiger partial charge in [0.2, 0.25) is 0 Å². The van der Waals surface area contributed by atoms with E-state index in [1.165, 1.54) is 0 Å². The maximum Gasteiger partial charge on any atom is 0.145 e. The average Bonchev–Trinajstić information content (AvgIpc) is 2.25. The topological polar surface area (TPSA) is 32.3 Å². The quantitative estimate of drug-likeness (QED) is 0.744. The molecule has 16 heavy (non-hydrogen) atoms. The van der Waals surface area contributed by atoms with Gasteiger partial charge < -0.3 is 9.80 Å². The molecule has 1 rings (SSSR count). The monoisotopic (exact) mass is 334 g/mol. The van der Waals surface area contributed by atoms with Crippen LogP contribution >= 0.6 is 22.6 Å². The van der Waals surface area contributed by atoms with Crippen molar-refractivity contribution in [2.75, 3.05) is 38.6 Å². The van der Waals surface area contributed by atoms with Gasteiger partial charge in [-0.2, -0.15) is 0 Å². The molecule has 0 saturated carbocycles. The van der Waals surface area contributed by atoms with Gasteiger partial charge in [-0.3, -0.25) is 0 Å². The van der Waals surface area contributed by atoms with Crippen LogP contribution in [0.1, 0.15) is 13.3 Å². The SMILES string of the molecule is CCN(CCCN(C)C)c1ncncc1I. The number of hydrogen-bond acceptors (Lipinski definition) is 4. The minimum absolute atomic E-state index is 0.987. The Morgan fingerprint density at radius 1 is 1.31 bits per heavy atom. The third-order valence-electron chi connectivity index (χ3n) is 2.36. The lowest BCUT2D eigenvalue weighted by molar-refractivity contribution is 0.400. The summed E-state index contributed by atoms with van der Waals surface area (Å²) < 4.78 is 1.12. The van der Waals surface area contributed by atoms with E-state index >= 15 is 0 Å². The number of nitrogens with zero attached hydrogens (tertiary/aromatic N) is 4. The van der Waals surface area contributed by atoms with Crippen molar-refractivity contribution in [3.05, 3.63) is 16.1 Å². The molecule has 0 aliphatic rings. The van der Waals surface area contributed by atoms with Crippen molar-refractivity contribution in [2.45, 2.75) is 13.3 Å². The van der Waals surface area contributed by atoms with Gasteiger partial charge >= 0.3 is 0 Å². The van der Waals surface area contributed by atoms with E-state index in [1.807, 2.05) is 6.20 Å². The maximum atomic E-state index is 4.34. The second-order valence-corrected chi connectivity index (χ2v) is 5.09. The molecule has 0 atom stereocenters. The summed E-state index contributed by atoms with van der Waals surface area (Å²) in [7, 11) is 4.20. The lowest BCUT2D eigenvalue weighted by Crippen LogP contribution is -2.28. The molecule has 1 aromatic heterocycles. The van der Waals surface area contributed by atoms with E-state index in [4.69, 9.17) is 0 Å². The van der Waals surface area contributed by atoms with Crippen LogP contribution in [0.25, 0.3) is 0 Å². The Bertz CT molecular complexity index is 317. The summed E-state index contributed by atoms with van der Waals surface area (Å²) >= 11 is 2.29. The fourth-order valence-electron chi connectivity index (χ4n) is 1.53. The Hall–Kier alpha value is -0.430. The summed E-state index contributed by atoms with van der Waals surface area (Å²) in [5.41, 5.74) is 0. The van der Waals surface area contributed by atoms with Gasteiger partial charge in [0, 0.05) is 19.3 Å². The zero-order valence-corrected chi connectivity index (χ0v) is 12.3. The van der Waals surface area contributed by atoms with E-state index in [1.54, 1.807) is 6.33 Å². The van der Waals surface area contributed by atoms with Crippen LogP contribution < -0.4 is 4.90 Å². The fraction of sp³-hybridized carbons (Fsp3) is 0.636. The third kappa shape index (κ3) is 4.21. The van der Waals surface area contributed by atoms with Gasteiger partial charge in [0.25, 0.3) is 0 Å². The Kier molecular flexibility index (Phi) is 5.97. The Labute approximate surface area is 111 Å². The summed E-state index contributed by atoms with van der Waals surface area (Å²) in [5, 5.41) is 0. The van der Waals surface area contributed by atoms with Crippen LogP contribution in [0.15, 0.2) is 12.5 Å². The van der Waals surface area contributed by atoms with Crippen LogP contribution in [0.3, 0.4) is 0 Å². The van der Waals surface area contributed by atoms with Crippen molar-refractivity contribution in [3.63, 3.8) is 0 Å². The van der Waals surface area contributed by atoms with Crippen molar-refractivity contribution >= 4 is 28.4 Å². The fourth-order valence-corrected chi connectivity index (χ4v) is 2.17. The van der Waals surface area contributed by atoms with Crippen LogP contribution in [0.2, 0.25) is 0 Å².